The number of pyridine rings is 1. The van der Waals surface area contributed by atoms with Crippen LogP contribution >= 0.6 is 0 Å². The van der Waals surface area contributed by atoms with E-state index in [1.165, 1.54) is 63.0 Å². The van der Waals surface area contributed by atoms with E-state index in [1.54, 1.807) is 6.20 Å². The molecule has 0 bridgehead atoms. The Labute approximate surface area is 157 Å². The van der Waals surface area contributed by atoms with Crippen LogP contribution in [0.1, 0.15) is 36.8 Å². The van der Waals surface area contributed by atoms with Crippen LogP contribution < -0.4 is 5.73 Å². The molecule has 0 unspecified atom stereocenters. The summed E-state index contributed by atoms with van der Waals surface area (Å²) in [5.74, 6) is 0.682. The van der Waals surface area contributed by atoms with Crippen LogP contribution in [-0.4, -0.2) is 41.0 Å². The SMILES string of the molecule is Nc1ncccc1CN1CCC[C@]2(CCCN(Cc3ccccc3)C2)C1. The van der Waals surface area contributed by atoms with Crippen LogP contribution in [0.3, 0.4) is 0 Å². The number of rotatable bonds is 4. The standard InChI is InChI=1S/C22H30N4/c23-21-20(9-4-12-24-21)16-26-14-6-11-22(18-26)10-5-13-25(17-22)15-19-7-2-1-3-8-19/h1-4,7-9,12H,5-6,10-11,13-18H2,(H2,23,24)/t22-/m0/s1. The van der Waals surface area contributed by atoms with Crippen molar-refractivity contribution in [3.8, 4) is 0 Å². The minimum absolute atomic E-state index is 0.447. The van der Waals surface area contributed by atoms with Crippen LogP contribution in [0.5, 0.6) is 0 Å². The van der Waals surface area contributed by atoms with E-state index in [2.05, 4.69) is 51.2 Å². The maximum Gasteiger partial charge on any atom is 0.127 e. The molecule has 2 aliphatic rings. The van der Waals surface area contributed by atoms with E-state index in [4.69, 9.17) is 5.73 Å². The maximum atomic E-state index is 6.07. The first-order chi connectivity index (χ1) is 12.7. The maximum absolute atomic E-state index is 6.07. The minimum atomic E-state index is 0.447. The number of likely N-dealkylation sites (tertiary alicyclic amines) is 2. The van der Waals surface area contributed by atoms with Gasteiger partial charge in [0.15, 0.2) is 0 Å². The molecule has 4 heteroatoms. The molecule has 1 spiro atoms. The number of nitrogens with zero attached hydrogens (tertiary/aromatic N) is 3. The molecule has 0 amide bonds. The molecule has 2 N–H and O–H groups in total. The number of aromatic nitrogens is 1. The van der Waals surface area contributed by atoms with Gasteiger partial charge in [0.2, 0.25) is 0 Å². The summed E-state index contributed by atoms with van der Waals surface area (Å²) in [5, 5.41) is 0. The Hall–Kier alpha value is -1.91. The van der Waals surface area contributed by atoms with Crippen LogP contribution in [0.25, 0.3) is 0 Å². The fourth-order valence-corrected chi connectivity index (χ4v) is 4.89. The first kappa shape index (κ1) is 17.5. The summed E-state index contributed by atoms with van der Waals surface area (Å²) in [5.41, 5.74) is 9.12. The van der Waals surface area contributed by atoms with Crippen molar-refractivity contribution in [2.75, 3.05) is 31.9 Å². The van der Waals surface area contributed by atoms with Crippen molar-refractivity contribution in [2.45, 2.75) is 38.8 Å². The van der Waals surface area contributed by atoms with E-state index in [-0.39, 0.29) is 0 Å². The lowest BCUT2D eigenvalue weighted by Crippen LogP contribution is -2.51. The number of benzene rings is 1. The number of hydrogen-bond acceptors (Lipinski definition) is 4. The van der Waals surface area contributed by atoms with Gasteiger partial charge in [-0.05, 0) is 55.8 Å². The lowest BCUT2D eigenvalue weighted by Gasteiger charge is -2.48. The third-order valence-corrected chi connectivity index (χ3v) is 6.05. The van der Waals surface area contributed by atoms with Gasteiger partial charge in [-0.2, -0.15) is 0 Å². The van der Waals surface area contributed by atoms with E-state index in [0.29, 0.717) is 11.2 Å². The van der Waals surface area contributed by atoms with Crippen LogP contribution in [0.15, 0.2) is 48.7 Å². The van der Waals surface area contributed by atoms with Gasteiger partial charge >= 0.3 is 0 Å². The molecule has 4 nitrogen and oxygen atoms in total. The molecule has 2 saturated heterocycles. The van der Waals surface area contributed by atoms with Crippen molar-refractivity contribution in [1.82, 2.24) is 14.8 Å². The molecule has 0 saturated carbocycles. The largest absolute Gasteiger partial charge is 0.383 e. The topological polar surface area (TPSA) is 45.4 Å². The van der Waals surface area contributed by atoms with Gasteiger partial charge in [-0.25, -0.2) is 4.98 Å². The summed E-state index contributed by atoms with van der Waals surface area (Å²) in [7, 11) is 0. The molecular weight excluding hydrogens is 320 g/mol. The number of nitrogen functional groups attached to an aromatic ring is 1. The van der Waals surface area contributed by atoms with Crippen molar-refractivity contribution < 1.29 is 0 Å². The molecule has 2 aromatic rings. The second-order valence-corrected chi connectivity index (χ2v) is 8.16. The highest BCUT2D eigenvalue weighted by Crippen LogP contribution is 2.39. The van der Waals surface area contributed by atoms with Gasteiger partial charge in [0.25, 0.3) is 0 Å². The molecule has 2 fully saturated rings. The van der Waals surface area contributed by atoms with Crippen molar-refractivity contribution in [2.24, 2.45) is 5.41 Å². The van der Waals surface area contributed by atoms with Gasteiger partial charge in [-0.15, -0.1) is 0 Å². The van der Waals surface area contributed by atoms with E-state index < -0.39 is 0 Å². The van der Waals surface area contributed by atoms with Crippen molar-refractivity contribution in [3.63, 3.8) is 0 Å². The first-order valence-electron chi connectivity index (χ1n) is 9.91. The molecule has 26 heavy (non-hydrogen) atoms. The molecule has 1 atom stereocenters. The van der Waals surface area contributed by atoms with Crippen molar-refractivity contribution in [3.05, 3.63) is 59.8 Å². The molecule has 4 rings (SSSR count). The van der Waals surface area contributed by atoms with Crippen LogP contribution in [-0.2, 0) is 13.1 Å². The Morgan fingerprint density at radius 1 is 0.885 bits per heavy atom. The predicted molar refractivity (Wildman–Crippen MR) is 107 cm³/mol. The van der Waals surface area contributed by atoms with Gasteiger partial charge in [0.1, 0.15) is 5.82 Å². The van der Waals surface area contributed by atoms with Crippen LogP contribution in [0.4, 0.5) is 5.82 Å². The fraction of sp³-hybridized carbons (Fsp3) is 0.500. The summed E-state index contributed by atoms with van der Waals surface area (Å²) >= 11 is 0. The van der Waals surface area contributed by atoms with Crippen molar-refractivity contribution in [1.29, 1.82) is 0 Å². The summed E-state index contributed by atoms with van der Waals surface area (Å²) in [4.78, 5) is 9.52. The van der Waals surface area contributed by atoms with E-state index in [9.17, 15) is 0 Å². The molecule has 1 aromatic heterocycles. The highest BCUT2D eigenvalue weighted by molar-refractivity contribution is 5.38. The van der Waals surface area contributed by atoms with E-state index in [1.807, 2.05) is 6.07 Å². The van der Waals surface area contributed by atoms with Gasteiger partial charge < -0.3 is 5.73 Å². The number of anilines is 1. The van der Waals surface area contributed by atoms with Gasteiger partial charge in [0.05, 0.1) is 0 Å². The molecule has 3 heterocycles. The van der Waals surface area contributed by atoms with Crippen molar-refractivity contribution >= 4 is 5.82 Å². The second-order valence-electron chi connectivity index (χ2n) is 8.16. The van der Waals surface area contributed by atoms with Crippen LogP contribution in [0.2, 0.25) is 0 Å². The lowest BCUT2D eigenvalue weighted by molar-refractivity contribution is 0.00779. The first-order valence-corrected chi connectivity index (χ1v) is 9.91. The highest BCUT2D eigenvalue weighted by atomic mass is 15.2. The third-order valence-electron chi connectivity index (χ3n) is 6.05. The lowest BCUT2D eigenvalue weighted by atomic mass is 9.73. The average Bonchev–Trinajstić information content (AvgIpc) is 2.65. The molecule has 138 valence electrons. The van der Waals surface area contributed by atoms with Gasteiger partial charge in [-0.1, -0.05) is 36.4 Å². The molecule has 2 aliphatic heterocycles. The number of hydrogen-bond donors (Lipinski definition) is 1. The third kappa shape index (κ3) is 4.08. The quantitative estimate of drug-likeness (QED) is 0.916. The predicted octanol–water partition coefficient (Wildman–Crippen LogP) is 3.54. The molecule has 1 aromatic carbocycles. The Kier molecular flexibility index (Phi) is 5.23. The smallest absolute Gasteiger partial charge is 0.127 e. The Bertz CT molecular complexity index is 713. The summed E-state index contributed by atoms with van der Waals surface area (Å²) in [6.45, 7) is 6.83. The van der Waals surface area contributed by atoms with E-state index in [0.717, 1.165) is 13.1 Å². The Balaban J connectivity index is 1.41. The zero-order chi connectivity index (χ0) is 17.8. The molecular formula is C22H30N4. The number of nitrogens with two attached hydrogens (primary N) is 1. The Morgan fingerprint density at radius 3 is 2.27 bits per heavy atom. The second kappa shape index (κ2) is 7.77. The zero-order valence-corrected chi connectivity index (χ0v) is 15.6. The summed E-state index contributed by atoms with van der Waals surface area (Å²) in [6.07, 6.45) is 7.10. The average molecular weight is 351 g/mol. The highest BCUT2D eigenvalue weighted by Gasteiger charge is 2.39. The summed E-state index contributed by atoms with van der Waals surface area (Å²) in [6, 6.07) is 15.0. The minimum Gasteiger partial charge on any atom is -0.383 e. The molecule has 0 aliphatic carbocycles. The fourth-order valence-electron chi connectivity index (χ4n) is 4.89. The normalized spacial score (nSPS) is 24.8. The molecule has 0 radical (unpaired) electrons. The van der Waals surface area contributed by atoms with Gasteiger partial charge in [-0.3, -0.25) is 9.80 Å². The number of piperidine rings is 2. The van der Waals surface area contributed by atoms with Crippen LogP contribution in [0, 0.1) is 5.41 Å². The van der Waals surface area contributed by atoms with Gasteiger partial charge in [0, 0.05) is 37.9 Å². The summed E-state index contributed by atoms with van der Waals surface area (Å²) < 4.78 is 0. The zero-order valence-electron chi connectivity index (χ0n) is 15.6. The Morgan fingerprint density at radius 2 is 1.58 bits per heavy atom. The van der Waals surface area contributed by atoms with E-state index >= 15 is 0 Å². The monoisotopic (exact) mass is 350 g/mol.